The molecule has 0 aliphatic rings. The average Bonchev–Trinajstić information content (AvgIpc) is 2.39. The zero-order valence-corrected chi connectivity index (χ0v) is 8.92. The van der Waals surface area contributed by atoms with Gasteiger partial charge in [0.05, 0.1) is 0 Å². The number of ketones is 1. The summed E-state index contributed by atoms with van der Waals surface area (Å²) in [6.07, 6.45) is 0. The lowest BCUT2D eigenvalue weighted by Crippen LogP contribution is -2.31. The van der Waals surface area contributed by atoms with Crippen LogP contribution < -0.4 is 5.11 Å². The van der Waals surface area contributed by atoms with Gasteiger partial charge in [-0.05, 0) is 11.1 Å². The van der Waals surface area contributed by atoms with Crippen molar-refractivity contribution in [3.05, 3.63) is 60.2 Å². The van der Waals surface area contributed by atoms with Crippen LogP contribution in [0.15, 0.2) is 54.6 Å². The number of benzene rings is 2. The van der Waals surface area contributed by atoms with E-state index in [9.17, 15) is 14.7 Å². The third-order valence-corrected chi connectivity index (χ3v) is 2.44. The first kappa shape index (κ1) is 11.1. The van der Waals surface area contributed by atoms with E-state index >= 15 is 0 Å². The van der Waals surface area contributed by atoms with Crippen molar-refractivity contribution in [1.82, 2.24) is 0 Å². The average molecular weight is 225 g/mol. The topological polar surface area (TPSA) is 57.2 Å². The molecule has 0 unspecified atom stereocenters. The third-order valence-electron chi connectivity index (χ3n) is 2.44. The highest BCUT2D eigenvalue weighted by Crippen LogP contribution is 2.19. The van der Waals surface area contributed by atoms with Crippen molar-refractivity contribution in [3.8, 4) is 11.1 Å². The highest BCUT2D eigenvalue weighted by Gasteiger charge is 2.06. The summed E-state index contributed by atoms with van der Waals surface area (Å²) in [6, 6.07) is 16.0. The number of hydrogen-bond acceptors (Lipinski definition) is 3. The van der Waals surface area contributed by atoms with E-state index in [1.807, 2.05) is 30.3 Å². The van der Waals surface area contributed by atoms with Crippen molar-refractivity contribution in [1.29, 1.82) is 0 Å². The summed E-state index contributed by atoms with van der Waals surface area (Å²) in [5, 5.41) is 10.4. The maximum Gasteiger partial charge on any atom is 0.208 e. The zero-order valence-electron chi connectivity index (χ0n) is 8.92. The molecule has 17 heavy (non-hydrogen) atoms. The lowest BCUT2D eigenvalue weighted by Gasteiger charge is -2.04. The van der Waals surface area contributed by atoms with Gasteiger partial charge in [0.1, 0.15) is 5.97 Å². The Kier molecular flexibility index (Phi) is 3.01. The van der Waals surface area contributed by atoms with Crippen LogP contribution in [0.2, 0.25) is 0 Å². The Morgan fingerprint density at radius 1 is 0.765 bits per heavy atom. The van der Waals surface area contributed by atoms with Crippen LogP contribution in [0.3, 0.4) is 0 Å². The van der Waals surface area contributed by atoms with Crippen molar-refractivity contribution in [2.75, 3.05) is 0 Å². The lowest BCUT2D eigenvalue weighted by atomic mass is 10.0. The van der Waals surface area contributed by atoms with Crippen LogP contribution >= 0.6 is 0 Å². The summed E-state index contributed by atoms with van der Waals surface area (Å²) in [7, 11) is 0. The predicted molar refractivity (Wildman–Crippen MR) is 61.2 cm³/mol. The van der Waals surface area contributed by atoms with E-state index in [4.69, 9.17) is 0 Å². The summed E-state index contributed by atoms with van der Waals surface area (Å²) in [5.74, 6) is -2.68. The molecular formula is C14H9O3-. The Bertz CT molecular complexity index is 541. The van der Waals surface area contributed by atoms with Gasteiger partial charge in [0.25, 0.3) is 0 Å². The number of carbonyl (C=O) groups excluding carboxylic acids is 2. The summed E-state index contributed by atoms with van der Waals surface area (Å²) in [5.41, 5.74) is 2.07. The van der Waals surface area contributed by atoms with E-state index in [1.165, 1.54) is 12.1 Å². The van der Waals surface area contributed by atoms with Crippen molar-refractivity contribution >= 4 is 11.8 Å². The molecule has 3 nitrogen and oxygen atoms in total. The second-order valence-corrected chi connectivity index (χ2v) is 3.56. The number of rotatable bonds is 3. The zero-order chi connectivity index (χ0) is 12.3. The maximum atomic E-state index is 11.1. The SMILES string of the molecule is O=C([O-])C(=O)c1ccc(-c2ccccc2)cc1. The smallest absolute Gasteiger partial charge is 0.208 e. The molecule has 0 amide bonds. The predicted octanol–water partition coefficient (Wildman–Crippen LogP) is 1.29. The monoisotopic (exact) mass is 225 g/mol. The Labute approximate surface area is 98.3 Å². The fraction of sp³-hybridized carbons (Fsp3) is 0. The van der Waals surface area contributed by atoms with Gasteiger partial charge in [0, 0.05) is 5.56 Å². The molecule has 0 heterocycles. The van der Waals surface area contributed by atoms with Crippen LogP contribution in [-0.2, 0) is 4.79 Å². The van der Waals surface area contributed by atoms with Gasteiger partial charge in [-0.2, -0.15) is 0 Å². The van der Waals surface area contributed by atoms with E-state index in [0.29, 0.717) is 0 Å². The van der Waals surface area contributed by atoms with Crippen molar-refractivity contribution in [2.24, 2.45) is 0 Å². The molecule has 0 spiro atoms. The highest BCUT2D eigenvalue weighted by molar-refractivity contribution is 6.38. The molecule has 2 aromatic rings. The van der Waals surface area contributed by atoms with Crippen molar-refractivity contribution in [2.45, 2.75) is 0 Å². The number of carboxylic acids is 1. The molecule has 84 valence electrons. The minimum Gasteiger partial charge on any atom is -0.541 e. The van der Waals surface area contributed by atoms with Gasteiger partial charge in [0.15, 0.2) is 0 Å². The van der Waals surface area contributed by atoms with Gasteiger partial charge in [-0.1, -0.05) is 54.6 Å². The van der Waals surface area contributed by atoms with Gasteiger partial charge in [0.2, 0.25) is 5.78 Å². The molecule has 0 N–H and O–H groups in total. The second kappa shape index (κ2) is 4.61. The van der Waals surface area contributed by atoms with Gasteiger partial charge in [-0.15, -0.1) is 0 Å². The van der Waals surface area contributed by atoms with E-state index in [1.54, 1.807) is 12.1 Å². The van der Waals surface area contributed by atoms with E-state index in [-0.39, 0.29) is 5.56 Å². The number of aliphatic carboxylic acids is 1. The number of carboxylic acid groups (broad SMARTS) is 1. The molecule has 3 heteroatoms. The first-order valence-electron chi connectivity index (χ1n) is 5.09. The molecule has 0 aliphatic carbocycles. The summed E-state index contributed by atoms with van der Waals surface area (Å²) >= 11 is 0. The van der Waals surface area contributed by atoms with Crippen molar-refractivity contribution in [3.63, 3.8) is 0 Å². The number of Topliss-reactive ketones (excluding diaryl/α,β-unsaturated/α-hetero) is 1. The Balaban J connectivity index is 2.31. The minimum absolute atomic E-state index is 0.129. The van der Waals surface area contributed by atoms with Crippen LogP contribution in [0.1, 0.15) is 10.4 Å². The summed E-state index contributed by atoms with van der Waals surface area (Å²) in [4.78, 5) is 21.5. The summed E-state index contributed by atoms with van der Waals surface area (Å²) in [6.45, 7) is 0. The Hall–Kier alpha value is -2.42. The van der Waals surface area contributed by atoms with Crippen LogP contribution in [-0.4, -0.2) is 11.8 Å². The van der Waals surface area contributed by atoms with E-state index < -0.39 is 11.8 Å². The maximum absolute atomic E-state index is 11.1. The van der Waals surface area contributed by atoms with Crippen LogP contribution in [0.25, 0.3) is 11.1 Å². The third kappa shape index (κ3) is 2.39. The molecular weight excluding hydrogens is 216 g/mol. The molecule has 0 aliphatic heterocycles. The molecule has 0 aromatic heterocycles. The molecule has 2 aromatic carbocycles. The fourth-order valence-corrected chi connectivity index (χ4v) is 1.56. The number of carbonyl (C=O) groups is 2. The van der Waals surface area contributed by atoms with Crippen LogP contribution in [0, 0.1) is 0 Å². The summed E-state index contributed by atoms with van der Waals surface area (Å²) < 4.78 is 0. The minimum atomic E-state index is -1.68. The molecule has 2 rings (SSSR count). The van der Waals surface area contributed by atoms with E-state index in [2.05, 4.69) is 0 Å². The second-order valence-electron chi connectivity index (χ2n) is 3.56. The van der Waals surface area contributed by atoms with Crippen LogP contribution in [0.5, 0.6) is 0 Å². The Morgan fingerprint density at radius 2 is 1.29 bits per heavy atom. The first-order valence-corrected chi connectivity index (χ1v) is 5.09. The molecule has 0 bridgehead atoms. The molecule has 0 saturated heterocycles. The fourth-order valence-electron chi connectivity index (χ4n) is 1.56. The lowest BCUT2D eigenvalue weighted by molar-refractivity contribution is -0.296. The van der Waals surface area contributed by atoms with Crippen LogP contribution in [0.4, 0.5) is 0 Å². The van der Waals surface area contributed by atoms with Gasteiger partial charge in [-0.25, -0.2) is 0 Å². The van der Waals surface area contributed by atoms with Gasteiger partial charge < -0.3 is 9.90 Å². The van der Waals surface area contributed by atoms with Gasteiger partial charge >= 0.3 is 0 Å². The largest absolute Gasteiger partial charge is 0.541 e. The highest BCUT2D eigenvalue weighted by atomic mass is 16.4. The molecule has 0 saturated carbocycles. The number of hydrogen-bond donors (Lipinski definition) is 0. The first-order chi connectivity index (χ1) is 8.18. The standard InChI is InChI=1S/C14H10O3/c15-13(14(16)17)12-8-6-11(7-9-12)10-4-2-1-3-5-10/h1-9H,(H,16,17)/p-1. The van der Waals surface area contributed by atoms with Crippen molar-refractivity contribution < 1.29 is 14.7 Å². The molecule has 0 radical (unpaired) electrons. The molecule has 0 fully saturated rings. The van der Waals surface area contributed by atoms with E-state index in [0.717, 1.165) is 11.1 Å². The quantitative estimate of drug-likeness (QED) is 0.584. The molecule has 0 atom stereocenters. The normalized spacial score (nSPS) is 9.88. The van der Waals surface area contributed by atoms with Gasteiger partial charge in [-0.3, -0.25) is 4.79 Å². The Morgan fingerprint density at radius 3 is 1.82 bits per heavy atom.